The van der Waals surface area contributed by atoms with Crippen LogP contribution in [0.25, 0.3) is 0 Å². The van der Waals surface area contributed by atoms with Crippen LogP contribution in [0.3, 0.4) is 0 Å². The van der Waals surface area contributed by atoms with Crippen molar-refractivity contribution in [2.75, 3.05) is 20.8 Å². The highest BCUT2D eigenvalue weighted by Crippen LogP contribution is 2.36. The summed E-state index contributed by atoms with van der Waals surface area (Å²) in [6.45, 7) is 2.94. The third-order valence-electron chi connectivity index (χ3n) is 3.72. The van der Waals surface area contributed by atoms with Crippen molar-refractivity contribution in [3.8, 4) is 11.5 Å². The van der Waals surface area contributed by atoms with Gasteiger partial charge < -0.3 is 14.8 Å². The fraction of sp³-hybridized carbons (Fsp3) is 0.600. The van der Waals surface area contributed by atoms with E-state index in [9.17, 15) is 4.39 Å². The number of methoxy groups -OCH3 is 2. The van der Waals surface area contributed by atoms with Crippen LogP contribution < -0.4 is 14.8 Å². The van der Waals surface area contributed by atoms with E-state index in [1.807, 2.05) is 13.0 Å². The molecule has 0 spiro atoms. The smallest absolute Gasteiger partial charge is 0.197 e. The Bertz CT molecular complexity index is 442. The molecule has 1 aromatic rings. The summed E-state index contributed by atoms with van der Waals surface area (Å²) < 4.78 is 24.8. The first-order valence-electron chi connectivity index (χ1n) is 6.80. The van der Waals surface area contributed by atoms with E-state index in [-0.39, 0.29) is 11.6 Å². The molecule has 1 aliphatic rings. The average Bonchev–Trinajstić information content (AvgIpc) is 2.43. The summed E-state index contributed by atoms with van der Waals surface area (Å²) in [7, 11) is 3.01. The number of hydrogen-bond acceptors (Lipinski definition) is 3. The molecule has 1 aromatic carbocycles. The molecular weight excluding hydrogens is 245 g/mol. The zero-order valence-corrected chi connectivity index (χ0v) is 11.9. The molecule has 1 fully saturated rings. The molecule has 1 heterocycles. The van der Waals surface area contributed by atoms with Crippen molar-refractivity contribution in [3.63, 3.8) is 0 Å². The number of hydrogen-bond donors (Lipinski definition) is 1. The Morgan fingerprint density at radius 1 is 1.26 bits per heavy atom. The molecule has 1 atom stereocenters. The molecule has 0 aliphatic carbocycles. The van der Waals surface area contributed by atoms with Crippen molar-refractivity contribution in [1.82, 2.24) is 5.32 Å². The molecule has 0 saturated carbocycles. The summed E-state index contributed by atoms with van der Waals surface area (Å²) in [4.78, 5) is 0. The van der Waals surface area contributed by atoms with Crippen LogP contribution in [0.5, 0.6) is 11.5 Å². The van der Waals surface area contributed by atoms with Gasteiger partial charge in [0.15, 0.2) is 17.3 Å². The van der Waals surface area contributed by atoms with Crippen LogP contribution in [0.1, 0.15) is 30.4 Å². The van der Waals surface area contributed by atoms with Crippen molar-refractivity contribution >= 4 is 0 Å². The van der Waals surface area contributed by atoms with E-state index in [0.29, 0.717) is 23.8 Å². The second-order valence-corrected chi connectivity index (χ2v) is 5.08. The van der Waals surface area contributed by atoms with Gasteiger partial charge in [0, 0.05) is 6.04 Å². The van der Waals surface area contributed by atoms with Gasteiger partial charge in [0.25, 0.3) is 0 Å². The normalized spacial score (nSPS) is 19.3. The Labute approximate surface area is 114 Å². The lowest BCUT2D eigenvalue weighted by atomic mass is 9.96. The second-order valence-electron chi connectivity index (χ2n) is 5.08. The molecule has 1 saturated heterocycles. The van der Waals surface area contributed by atoms with Gasteiger partial charge in [-0.3, -0.25) is 0 Å². The molecule has 0 amide bonds. The van der Waals surface area contributed by atoms with Crippen molar-refractivity contribution in [2.24, 2.45) is 0 Å². The highest BCUT2D eigenvalue weighted by molar-refractivity contribution is 5.50. The molecule has 0 aromatic heterocycles. The van der Waals surface area contributed by atoms with Gasteiger partial charge in [0.05, 0.1) is 14.2 Å². The Kier molecular flexibility index (Phi) is 4.64. The minimum absolute atomic E-state index is 0.216. The molecule has 106 valence electrons. The number of aryl methyl sites for hydroxylation is 1. The van der Waals surface area contributed by atoms with Crippen LogP contribution in [0, 0.1) is 12.7 Å². The number of ether oxygens (including phenoxy) is 2. The highest BCUT2D eigenvalue weighted by Gasteiger charge is 2.21. The molecule has 1 unspecified atom stereocenters. The van der Waals surface area contributed by atoms with E-state index in [0.717, 1.165) is 18.5 Å². The minimum Gasteiger partial charge on any atom is -0.492 e. The van der Waals surface area contributed by atoms with Gasteiger partial charge in [-0.25, -0.2) is 4.39 Å². The summed E-state index contributed by atoms with van der Waals surface area (Å²) in [5, 5.41) is 3.44. The molecule has 1 aliphatic heterocycles. The van der Waals surface area contributed by atoms with Crippen molar-refractivity contribution in [3.05, 3.63) is 23.0 Å². The van der Waals surface area contributed by atoms with Crippen LogP contribution in [-0.4, -0.2) is 26.8 Å². The van der Waals surface area contributed by atoms with Crippen molar-refractivity contribution in [1.29, 1.82) is 0 Å². The van der Waals surface area contributed by atoms with Gasteiger partial charge in [-0.05, 0) is 49.9 Å². The first-order valence-corrected chi connectivity index (χ1v) is 6.80. The second kappa shape index (κ2) is 6.24. The summed E-state index contributed by atoms with van der Waals surface area (Å²) in [6, 6.07) is 2.23. The summed E-state index contributed by atoms with van der Waals surface area (Å²) in [5.74, 6) is 0.408. The predicted molar refractivity (Wildman–Crippen MR) is 73.6 cm³/mol. The van der Waals surface area contributed by atoms with E-state index >= 15 is 0 Å². The molecule has 19 heavy (non-hydrogen) atoms. The van der Waals surface area contributed by atoms with E-state index in [1.165, 1.54) is 27.1 Å². The SMILES string of the molecule is COc1c(C)cc(CC2CCCCN2)c(F)c1OC. The predicted octanol–water partition coefficient (Wildman–Crippen LogP) is 2.84. The van der Waals surface area contributed by atoms with Crippen molar-refractivity contribution < 1.29 is 13.9 Å². The standard InChI is InChI=1S/C15H22FNO2/c1-10-8-11(9-12-6-4-5-7-17-12)13(16)15(19-3)14(10)18-2/h8,12,17H,4-7,9H2,1-3H3. The fourth-order valence-corrected chi connectivity index (χ4v) is 2.76. The van der Waals surface area contributed by atoms with E-state index in [1.54, 1.807) is 0 Å². The maximum absolute atomic E-state index is 14.4. The zero-order chi connectivity index (χ0) is 13.8. The summed E-state index contributed by atoms with van der Waals surface area (Å²) in [6.07, 6.45) is 4.23. The van der Waals surface area contributed by atoms with E-state index in [2.05, 4.69) is 5.32 Å². The number of rotatable bonds is 4. The topological polar surface area (TPSA) is 30.5 Å². The molecule has 2 rings (SSSR count). The molecule has 3 nitrogen and oxygen atoms in total. The van der Waals surface area contributed by atoms with Gasteiger partial charge in [-0.1, -0.05) is 6.42 Å². The number of halogens is 1. The lowest BCUT2D eigenvalue weighted by Gasteiger charge is -2.24. The van der Waals surface area contributed by atoms with E-state index in [4.69, 9.17) is 9.47 Å². The first-order chi connectivity index (χ1) is 9.17. The average molecular weight is 267 g/mol. The molecule has 0 radical (unpaired) electrons. The van der Waals surface area contributed by atoms with Gasteiger partial charge in [0.2, 0.25) is 0 Å². The first kappa shape index (κ1) is 14.1. The summed E-state index contributed by atoms with van der Waals surface area (Å²) >= 11 is 0. The van der Waals surface area contributed by atoms with Crippen LogP contribution >= 0.6 is 0 Å². The zero-order valence-electron chi connectivity index (χ0n) is 11.9. The fourth-order valence-electron chi connectivity index (χ4n) is 2.76. The summed E-state index contributed by atoms with van der Waals surface area (Å²) in [5.41, 5.74) is 1.61. The molecule has 4 heteroatoms. The number of benzene rings is 1. The lowest BCUT2D eigenvalue weighted by molar-refractivity contribution is 0.331. The lowest BCUT2D eigenvalue weighted by Crippen LogP contribution is -2.35. The Morgan fingerprint density at radius 2 is 2.00 bits per heavy atom. The number of piperidine rings is 1. The third-order valence-corrected chi connectivity index (χ3v) is 3.72. The molecule has 1 N–H and O–H groups in total. The Hall–Kier alpha value is -1.29. The maximum Gasteiger partial charge on any atom is 0.197 e. The molecular formula is C15H22FNO2. The van der Waals surface area contributed by atoms with Crippen molar-refractivity contribution in [2.45, 2.75) is 38.6 Å². The quantitative estimate of drug-likeness (QED) is 0.910. The van der Waals surface area contributed by atoms with Crippen LogP contribution in [0.4, 0.5) is 4.39 Å². The highest BCUT2D eigenvalue weighted by atomic mass is 19.1. The number of nitrogens with one attached hydrogen (secondary N) is 1. The minimum atomic E-state index is -0.294. The Morgan fingerprint density at radius 3 is 2.58 bits per heavy atom. The molecule has 0 bridgehead atoms. The van der Waals surface area contributed by atoms with Crippen LogP contribution in [-0.2, 0) is 6.42 Å². The van der Waals surface area contributed by atoms with Gasteiger partial charge in [0.1, 0.15) is 0 Å². The Balaban J connectivity index is 2.27. The van der Waals surface area contributed by atoms with Gasteiger partial charge in [-0.2, -0.15) is 0 Å². The van der Waals surface area contributed by atoms with E-state index < -0.39 is 0 Å². The largest absolute Gasteiger partial charge is 0.492 e. The van der Waals surface area contributed by atoms with Gasteiger partial charge in [-0.15, -0.1) is 0 Å². The van der Waals surface area contributed by atoms with Crippen LogP contribution in [0.2, 0.25) is 0 Å². The third kappa shape index (κ3) is 3.00. The monoisotopic (exact) mass is 267 g/mol. The maximum atomic E-state index is 14.4. The van der Waals surface area contributed by atoms with Crippen LogP contribution in [0.15, 0.2) is 6.07 Å². The van der Waals surface area contributed by atoms with Gasteiger partial charge >= 0.3 is 0 Å².